The highest BCUT2D eigenvalue weighted by Crippen LogP contribution is 2.34. The van der Waals surface area contributed by atoms with Crippen LogP contribution in [0, 0.1) is 11.8 Å². The predicted octanol–water partition coefficient (Wildman–Crippen LogP) is 1.06. The topological polar surface area (TPSA) is 49.3 Å². The van der Waals surface area contributed by atoms with Gasteiger partial charge < -0.3 is 10.4 Å². The SMILES string of the molecule is O=C1N[C@H](CO)CC1C1CCCCC1. The number of amides is 1. The highest BCUT2D eigenvalue weighted by atomic mass is 16.3. The maximum absolute atomic E-state index is 11.6. The first-order valence-corrected chi connectivity index (χ1v) is 5.72. The minimum absolute atomic E-state index is 0.0226. The lowest BCUT2D eigenvalue weighted by Gasteiger charge is -2.25. The maximum Gasteiger partial charge on any atom is 0.223 e. The van der Waals surface area contributed by atoms with Crippen molar-refractivity contribution in [1.29, 1.82) is 0 Å². The van der Waals surface area contributed by atoms with Crippen LogP contribution in [-0.2, 0) is 4.79 Å². The zero-order valence-corrected chi connectivity index (χ0v) is 8.54. The van der Waals surface area contributed by atoms with Gasteiger partial charge in [0, 0.05) is 5.92 Å². The van der Waals surface area contributed by atoms with E-state index in [2.05, 4.69) is 5.32 Å². The fourth-order valence-electron chi connectivity index (χ4n) is 2.84. The number of rotatable bonds is 2. The second-order valence-corrected chi connectivity index (χ2v) is 4.63. The van der Waals surface area contributed by atoms with Crippen molar-refractivity contribution in [1.82, 2.24) is 5.32 Å². The summed E-state index contributed by atoms with van der Waals surface area (Å²) < 4.78 is 0. The van der Waals surface area contributed by atoms with Gasteiger partial charge in [0.2, 0.25) is 5.91 Å². The van der Waals surface area contributed by atoms with Gasteiger partial charge in [0.25, 0.3) is 0 Å². The Morgan fingerprint density at radius 2 is 2.00 bits per heavy atom. The van der Waals surface area contributed by atoms with Gasteiger partial charge >= 0.3 is 0 Å². The number of hydrogen-bond acceptors (Lipinski definition) is 2. The van der Waals surface area contributed by atoms with Gasteiger partial charge in [-0.1, -0.05) is 19.3 Å². The summed E-state index contributed by atoms with van der Waals surface area (Å²) in [7, 11) is 0. The molecule has 3 nitrogen and oxygen atoms in total. The number of carbonyl (C=O) groups is 1. The number of aliphatic hydroxyl groups is 1. The Hall–Kier alpha value is -0.570. The molecule has 1 unspecified atom stereocenters. The fourth-order valence-corrected chi connectivity index (χ4v) is 2.84. The Kier molecular flexibility index (Phi) is 3.06. The first-order chi connectivity index (χ1) is 6.81. The molecule has 2 atom stereocenters. The van der Waals surface area contributed by atoms with Crippen LogP contribution in [0.2, 0.25) is 0 Å². The molecule has 80 valence electrons. The minimum Gasteiger partial charge on any atom is -0.394 e. The highest BCUT2D eigenvalue weighted by Gasteiger charge is 2.37. The lowest BCUT2D eigenvalue weighted by atomic mass is 9.79. The summed E-state index contributed by atoms with van der Waals surface area (Å²) in [6.07, 6.45) is 7.14. The first kappa shape index (κ1) is 9.97. The Bertz CT molecular complexity index is 211. The Labute approximate surface area is 84.9 Å². The van der Waals surface area contributed by atoms with Crippen molar-refractivity contribution in [3.8, 4) is 0 Å². The summed E-state index contributed by atoms with van der Waals surface area (Å²) in [5.74, 6) is 0.948. The summed E-state index contributed by atoms with van der Waals surface area (Å²) in [5.41, 5.74) is 0. The zero-order chi connectivity index (χ0) is 9.97. The van der Waals surface area contributed by atoms with Crippen LogP contribution in [-0.4, -0.2) is 23.7 Å². The van der Waals surface area contributed by atoms with E-state index in [0.29, 0.717) is 5.92 Å². The van der Waals surface area contributed by atoms with Crippen molar-refractivity contribution >= 4 is 5.91 Å². The van der Waals surface area contributed by atoms with Crippen molar-refractivity contribution in [2.24, 2.45) is 11.8 Å². The lowest BCUT2D eigenvalue weighted by Crippen LogP contribution is -2.30. The average Bonchev–Trinajstić information content (AvgIpc) is 2.61. The Balaban J connectivity index is 1.93. The molecule has 2 aliphatic rings. The summed E-state index contributed by atoms with van der Waals surface area (Å²) in [6, 6.07) is 0.0226. The van der Waals surface area contributed by atoms with Gasteiger partial charge in [-0.2, -0.15) is 0 Å². The second-order valence-electron chi connectivity index (χ2n) is 4.63. The molecule has 0 spiro atoms. The van der Waals surface area contributed by atoms with Crippen LogP contribution in [0.15, 0.2) is 0 Å². The molecule has 0 radical (unpaired) electrons. The molecule has 0 aromatic carbocycles. The fraction of sp³-hybridized carbons (Fsp3) is 0.909. The molecule has 0 aromatic rings. The molecule has 1 saturated carbocycles. The standard InChI is InChI=1S/C11H19NO2/c13-7-9-6-10(11(14)12-9)8-4-2-1-3-5-8/h8-10,13H,1-7H2,(H,12,14)/t9-,10?/m0/s1. The quantitative estimate of drug-likeness (QED) is 0.695. The molecule has 0 bridgehead atoms. The highest BCUT2D eigenvalue weighted by molar-refractivity contribution is 5.81. The van der Waals surface area contributed by atoms with Gasteiger partial charge in [-0.15, -0.1) is 0 Å². The van der Waals surface area contributed by atoms with Gasteiger partial charge in [-0.25, -0.2) is 0 Å². The second kappa shape index (κ2) is 4.30. The summed E-state index contributed by atoms with van der Waals surface area (Å²) >= 11 is 0. The van der Waals surface area contributed by atoms with E-state index in [9.17, 15) is 4.79 Å². The smallest absolute Gasteiger partial charge is 0.223 e. The van der Waals surface area contributed by atoms with Gasteiger partial charge in [-0.3, -0.25) is 4.79 Å². The zero-order valence-electron chi connectivity index (χ0n) is 8.54. The van der Waals surface area contributed by atoms with E-state index >= 15 is 0 Å². The van der Waals surface area contributed by atoms with Crippen molar-refractivity contribution in [2.75, 3.05) is 6.61 Å². The molecule has 0 aromatic heterocycles. The maximum atomic E-state index is 11.6. The van der Waals surface area contributed by atoms with E-state index in [1.54, 1.807) is 0 Å². The molecule has 1 saturated heterocycles. The van der Waals surface area contributed by atoms with Crippen molar-refractivity contribution < 1.29 is 9.90 Å². The molecule has 2 rings (SSSR count). The predicted molar refractivity (Wildman–Crippen MR) is 53.7 cm³/mol. The van der Waals surface area contributed by atoms with Crippen LogP contribution in [0.4, 0.5) is 0 Å². The van der Waals surface area contributed by atoms with E-state index in [1.807, 2.05) is 0 Å². The van der Waals surface area contributed by atoms with Gasteiger partial charge in [0.1, 0.15) is 0 Å². The molecule has 1 aliphatic heterocycles. The van der Waals surface area contributed by atoms with Gasteiger partial charge in [-0.05, 0) is 25.2 Å². The van der Waals surface area contributed by atoms with E-state index in [4.69, 9.17) is 5.11 Å². The third-order valence-electron chi connectivity index (χ3n) is 3.66. The molecule has 3 heteroatoms. The van der Waals surface area contributed by atoms with Crippen molar-refractivity contribution in [3.05, 3.63) is 0 Å². The van der Waals surface area contributed by atoms with Crippen molar-refractivity contribution in [2.45, 2.75) is 44.6 Å². The summed E-state index contributed by atoms with van der Waals surface area (Å²) in [4.78, 5) is 11.6. The third-order valence-corrected chi connectivity index (χ3v) is 3.66. The lowest BCUT2D eigenvalue weighted by molar-refractivity contribution is -0.124. The Morgan fingerprint density at radius 1 is 1.29 bits per heavy atom. The van der Waals surface area contributed by atoms with Crippen LogP contribution in [0.25, 0.3) is 0 Å². The number of carbonyl (C=O) groups excluding carboxylic acids is 1. The van der Waals surface area contributed by atoms with Crippen LogP contribution < -0.4 is 5.32 Å². The molecule has 14 heavy (non-hydrogen) atoms. The average molecular weight is 197 g/mol. The minimum atomic E-state index is 0.0226. The number of aliphatic hydroxyl groups excluding tert-OH is 1. The molecule has 1 heterocycles. The number of hydrogen-bond donors (Lipinski definition) is 2. The van der Waals surface area contributed by atoms with Crippen LogP contribution in [0.3, 0.4) is 0 Å². The molecule has 2 N–H and O–H groups in total. The third kappa shape index (κ3) is 1.92. The summed E-state index contributed by atoms with van der Waals surface area (Å²) in [5, 5.41) is 11.8. The first-order valence-electron chi connectivity index (χ1n) is 5.72. The van der Waals surface area contributed by atoms with Gasteiger partial charge in [0.15, 0.2) is 0 Å². The van der Waals surface area contributed by atoms with Gasteiger partial charge in [0.05, 0.1) is 12.6 Å². The van der Waals surface area contributed by atoms with Crippen LogP contribution in [0.5, 0.6) is 0 Å². The normalized spacial score (nSPS) is 34.5. The largest absolute Gasteiger partial charge is 0.394 e. The van der Waals surface area contributed by atoms with Crippen LogP contribution in [0.1, 0.15) is 38.5 Å². The molecule has 1 amide bonds. The van der Waals surface area contributed by atoms with E-state index in [1.165, 1.54) is 32.1 Å². The van der Waals surface area contributed by atoms with E-state index in [-0.39, 0.29) is 24.5 Å². The monoisotopic (exact) mass is 197 g/mol. The summed E-state index contributed by atoms with van der Waals surface area (Å²) in [6.45, 7) is 0.0922. The Morgan fingerprint density at radius 3 is 2.57 bits per heavy atom. The molecule has 1 aliphatic carbocycles. The molecular weight excluding hydrogens is 178 g/mol. The van der Waals surface area contributed by atoms with E-state index < -0.39 is 0 Å². The molecular formula is C11H19NO2. The van der Waals surface area contributed by atoms with E-state index in [0.717, 1.165) is 6.42 Å². The van der Waals surface area contributed by atoms with Crippen molar-refractivity contribution in [3.63, 3.8) is 0 Å². The molecule has 2 fully saturated rings. The number of nitrogens with one attached hydrogen (secondary N) is 1. The van der Waals surface area contributed by atoms with Crippen LogP contribution >= 0.6 is 0 Å².